The number of alkyl halides is 1. The van der Waals surface area contributed by atoms with Crippen LogP contribution in [0, 0.1) is 0 Å². The first-order valence-corrected chi connectivity index (χ1v) is 5.22. The summed E-state index contributed by atoms with van der Waals surface area (Å²) in [6.45, 7) is 0.850. The Morgan fingerprint density at radius 3 is 2.58 bits per heavy atom. The molecule has 1 fully saturated rings. The number of rotatable bonds is 1. The fourth-order valence-electron chi connectivity index (χ4n) is 1.52. The van der Waals surface area contributed by atoms with Gasteiger partial charge in [0.15, 0.2) is 0 Å². The molecule has 0 N–H and O–H groups in total. The van der Waals surface area contributed by atoms with Crippen LogP contribution in [0.3, 0.4) is 0 Å². The molecule has 3 heteroatoms. The molecule has 0 bridgehead atoms. The monoisotopic (exact) mass is 189 g/mol. The molecule has 1 aliphatic heterocycles. The lowest BCUT2D eigenvalue weighted by atomic mass is 10.1. The third-order valence-electron chi connectivity index (χ3n) is 2.32. The van der Waals surface area contributed by atoms with Crippen molar-refractivity contribution in [3.63, 3.8) is 0 Å². The second kappa shape index (κ2) is 5.41. The van der Waals surface area contributed by atoms with Crippen molar-refractivity contribution in [3.05, 3.63) is 0 Å². The highest BCUT2D eigenvalue weighted by Crippen LogP contribution is 2.12. The van der Waals surface area contributed by atoms with Crippen LogP contribution in [0.25, 0.3) is 0 Å². The largest absolute Gasteiger partial charge is 0.329 e. The van der Waals surface area contributed by atoms with Crippen molar-refractivity contribution < 1.29 is 4.79 Å². The Labute approximate surface area is 78.9 Å². The van der Waals surface area contributed by atoms with Crippen molar-refractivity contribution >= 4 is 17.5 Å². The van der Waals surface area contributed by atoms with E-state index in [9.17, 15) is 4.79 Å². The Bertz CT molecular complexity index is 149. The average Bonchev–Trinajstić information content (AvgIpc) is 2.17. The maximum atomic E-state index is 11.4. The SMILES string of the molecule is O=C1CCCCCCCN1CCl. The maximum absolute atomic E-state index is 11.4. The average molecular weight is 190 g/mol. The van der Waals surface area contributed by atoms with Crippen molar-refractivity contribution in [3.8, 4) is 0 Å². The Morgan fingerprint density at radius 2 is 1.83 bits per heavy atom. The molecule has 0 aromatic heterocycles. The zero-order valence-electron chi connectivity index (χ0n) is 7.39. The first-order valence-electron chi connectivity index (χ1n) is 4.68. The van der Waals surface area contributed by atoms with Crippen LogP contribution in [-0.2, 0) is 4.79 Å². The van der Waals surface area contributed by atoms with Crippen molar-refractivity contribution in [1.29, 1.82) is 0 Å². The number of amides is 1. The zero-order valence-corrected chi connectivity index (χ0v) is 8.15. The first-order chi connectivity index (χ1) is 5.84. The Hall–Kier alpha value is -0.240. The topological polar surface area (TPSA) is 20.3 Å². The molecule has 0 atom stereocenters. The van der Waals surface area contributed by atoms with Crippen LogP contribution in [0.15, 0.2) is 0 Å². The summed E-state index contributed by atoms with van der Waals surface area (Å²) in [5.74, 6) is 0.229. The van der Waals surface area contributed by atoms with Gasteiger partial charge in [0.05, 0.1) is 6.00 Å². The predicted molar refractivity (Wildman–Crippen MR) is 50.1 cm³/mol. The summed E-state index contributed by atoms with van der Waals surface area (Å²) in [6.07, 6.45) is 6.53. The quantitative estimate of drug-likeness (QED) is 0.458. The molecule has 1 rings (SSSR count). The molecule has 0 radical (unpaired) electrons. The zero-order chi connectivity index (χ0) is 8.81. The lowest BCUT2D eigenvalue weighted by Gasteiger charge is -2.18. The van der Waals surface area contributed by atoms with E-state index in [1.165, 1.54) is 19.3 Å². The molecular weight excluding hydrogens is 174 g/mol. The van der Waals surface area contributed by atoms with Gasteiger partial charge in [-0.3, -0.25) is 4.79 Å². The number of hydrogen-bond donors (Lipinski definition) is 0. The smallest absolute Gasteiger partial charge is 0.223 e. The van der Waals surface area contributed by atoms with Crippen molar-refractivity contribution in [1.82, 2.24) is 4.90 Å². The van der Waals surface area contributed by atoms with E-state index in [4.69, 9.17) is 11.6 Å². The highest BCUT2D eigenvalue weighted by Gasteiger charge is 2.12. The molecule has 70 valence electrons. The number of carbonyl (C=O) groups excluding carboxylic acids is 1. The van der Waals surface area contributed by atoms with Gasteiger partial charge in [-0.2, -0.15) is 0 Å². The Balaban J connectivity index is 2.41. The summed E-state index contributed by atoms with van der Waals surface area (Å²) in [7, 11) is 0. The molecule has 1 amide bonds. The molecule has 12 heavy (non-hydrogen) atoms. The number of carbonyl (C=O) groups is 1. The summed E-state index contributed by atoms with van der Waals surface area (Å²) in [6, 6.07) is 0.360. The second-order valence-electron chi connectivity index (χ2n) is 3.29. The number of nitrogens with zero attached hydrogens (tertiary/aromatic N) is 1. The van der Waals surface area contributed by atoms with Gasteiger partial charge in [-0.25, -0.2) is 0 Å². The standard InChI is InChI=1S/C9H16ClNO/c10-8-11-7-5-3-1-2-4-6-9(11)12/h1-8H2. The molecule has 1 heterocycles. The van der Waals surface area contributed by atoms with Gasteiger partial charge in [-0.05, 0) is 12.8 Å². The van der Waals surface area contributed by atoms with E-state index in [2.05, 4.69) is 0 Å². The van der Waals surface area contributed by atoms with Crippen molar-refractivity contribution in [2.24, 2.45) is 0 Å². The van der Waals surface area contributed by atoms with Crippen LogP contribution in [0.4, 0.5) is 0 Å². The van der Waals surface area contributed by atoms with E-state index in [0.29, 0.717) is 12.4 Å². The van der Waals surface area contributed by atoms with Crippen LogP contribution in [-0.4, -0.2) is 23.4 Å². The van der Waals surface area contributed by atoms with Gasteiger partial charge in [-0.15, -0.1) is 11.6 Å². The molecular formula is C9H16ClNO. The van der Waals surface area contributed by atoms with Gasteiger partial charge in [0.2, 0.25) is 5.91 Å². The van der Waals surface area contributed by atoms with Gasteiger partial charge in [0.25, 0.3) is 0 Å². The molecule has 0 aliphatic carbocycles. The van der Waals surface area contributed by atoms with Crippen LogP contribution < -0.4 is 0 Å². The molecule has 2 nitrogen and oxygen atoms in total. The normalized spacial score (nSPS) is 21.4. The maximum Gasteiger partial charge on any atom is 0.223 e. The van der Waals surface area contributed by atoms with Crippen LogP contribution in [0.5, 0.6) is 0 Å². The lowest BCUT2D eigenvalue weighted by Crippen LogP contribution is -2.30. The van der Waals surface area contributed by atoms with E-state index in [1.54, 1.807) is 4.90 Å². The molecule has 0 saturated carbocycles. The molecule has 1 aliphatic rings. The third kappa shape index (κ3) is 3.02. The highest BCUT2D eigenvalue weighted by atomic mass is 35.5. The van der Waals surface area contributed by atoms with Crippen molar-refractivity contribution in [2.45, 2.75) is 38.5 Å². The lowest BCUT2D eigenvalue weighted by molar-refractivity contribution is -0.130. The van der Waals surface area contributed by atoms with Crippen LogP contribution in [0.1, 0.15) is 38.5 Å². The summed E-state index contributed by atoms with van der Waals surface area (Å²) in [4.78, 5) is 13.1. The fourth-order valence-corrected chi connectivity index (χ4v) is 1.77. The molecule has 0 aromatic carbocycles. The predicted octanol–water partition coefficient (Wildman–Crippen LogP) is 2.37. The number of hydrogen-bond acceptors (Lipinski definition) is 1. The van der Waals surface area contributed by atoms with Gasteiger partial charge in [0.1, 0.15) is 0 Å². The van der Waals surface area contributed by atoms with Crippen LogP contribution >= 0.6 is 11.6 Å². The highest BCUT2D eigenvalue weighted by molar-refractivity contribution is 6.18. The van der Waals surface area contributed by atoms with E-state index in [0.717, 1.165) is 19.4 Å². The minimum absolute atomic E-state index is 0.229. The fraction of sp³-hybridized carbons (Fsp3) is 0.889. The van der Waals surface area contributed by atoms with E-state index >= 15 is 0 Å². The first kappa shape index (κ1) is 9.85. The van der Waals surface area contributed by atoms with Crippen molar-refractivity contribution in [2.75, 3.05) is 12.5 Å². The molecule has 0 spiro atoms. The molecule has 1 saturated heterocycles. The summed E-state index contributed by atoms with van der Waals surface area (Å²) in [5, 5.41) is 0. The summed E-state index contributed by atoms with van der Waals surface area (Å²) in [5.41, 5.74) is 0. The minimum Gasteiger partial charge on any atom is -0.329 e. The van der Waals surface area contributed by atoms with E-state index in [1.807, 2.05) is 0 Å². The Morgan fingerprint density at radius 1 is 1.17 bits per heavy atom. The van der Waals surface area contributed by atoms with Crippen LogP contribution in [0.2, 0.25) is 0 Å². The summed E-state index contributed by atoms with van der Waals surface area (Å²) >= 11 is 5.66. The molecule has 0 aromatic rings. The molecule has 0 unspecified atom stereocenters. The van der Waals surface area contributed by atoms with E-state index in [-0.39, 0.29) is 5.91 Å². The van der Waals surface area contributed by atoms with Gasteiger partial charge >= 0.3 is 0 Å². The number of halogens is 1. The second-order valence-corrected chi connectivity index (χ2v) is 3.53. The van der Waals surface area contributed by atoms with E-state index < -0.39 is 0 Å². The van der Waals surface area contributed by atoms with Gasteiger partial charge < -0.3 is 4.90 Å². The van der Waals surface area contributed by atoms with Gasteiger partial charge in [-0.1, -0.05) is 19.3 Å². The van der Waals surface area contributed by atoms with Gasteiger partial charge in [0, 0.05) is 13.0 Å². The third-order valence-corrected chi connectivity index (χ3v) is 2.60. The minimum atomic E-state index is 0.229. The Kier molecular flexibility index (Phi) is 4.44. The summed E-state index contributed by atoms with van der Waals surface area (Å²) < 4.78 is 0.